The number of alkyl halides is 1. The number of halogens is 1. The van der Waals surface area contributed by atoms with Gasteiger partial charge in [0, 0.05) is 0 Å². The lowest BCUT2D eigenvalue weighted by Gasteiger charge is -2.28. The second-order valence-corrected chi connectivity index (χ2v) is 4.76. The number of ether oxygens (including phenoxy) is 1. The molecule has 70 valence electrons. The van der Waals surface area contributed by atoms with E-state index in [1.54, 1.807) is 0 Å². The van der Waals surface area contributed by atoms with Crippen molar-refractivity contribution in [1.29, 1.82) is 0 Å². The van der Waals surface area contributed by atoms with Gasteiger partial charge in [-0.2, -0.15) is 0 Å². The van der Waals surface area contributed by atoms with Gasteiger partial charge in [0.2, 0.25) is 0 Å². The molecule has 0 unspecified atom stereocenters. The molecule has 1 aliphatic rings. The highest BCUT2D eigenvalue weighted by atomic mass is 79.9. The zero-order valence-electron chi connectivity index (χ0n) is 7.44. The maximum absolute atomic E-state index is 11.5. The minimum absolute atomic E-state index is 0.0790. The predicted molar refractivity (Wildman–Crippen MR) is 51.4 cm³/mol. The summed E-state index contributed by atoms with van der Waals surface area (Å²) in [6, 6.07) is 0. The largest absolute Gasteiger partial charge is 0.465 e. The lowest BCUT2D eigenvalue weighted by molar-refractivity contribution is -0.146. The van der Waals surface area contributed by atoms with Crippen LogP contribution in [0.5, 0.6) is 0 Å². The Hall–Kier alpha value is -0.0500. The van der Waals surface area contributed by atoms with Crippen LogP contribution in [0.3, 0.4) is 0 Å². The summed E-state index contributed by atoms with van der Waals surface area (Å²) in [6.45, 7) is 2.32. The minimum atomic E-state index is -0.360. The van der Waals surface area contributed by atoms with Gasteiger partial charge >= 0.3 is 5.97 Å². The summed E-state index contributed by atoms with van der Waals surface area (Å²) in [7, 11) is 0. The molecule has 0 saturated heterocycles. The van der Waals surface area contributed by atoms with Crippen LogP contribution in [-0.4, -0.2) is 16.9 Å². The zero-order chi connectivity index (χ0) is 9.03. The van der Waals surface area contributed by atoms with Crippen molar-refractivity contribution in [2.24, 2.45) is 0 Å². The van der Waals surface area contributed by atoms with Gasteiger partial charge in [-0.25, -0.2) is 0 Å². The van der Waals surface area contributed by atoms with Gasteiger partial charge in [0.15, 0.2) is 0 Å². The molecule has 3 heteroatoms. The number of carbonyl (C=O) groups excluding carboxylic acids is 1. The van der Waals surface area contributed by atoms with Gasteiger partial charge < -0.3 is 4.74 Å². The molecule has 0 atom stereocenters. The summed E-state index contributed by atoms with van der Waals surface area (Å²) in [4.78, 5) is 11.5. The Labute approximate surface area is 81.8 Å². The van der Waals surface area contributed by atoms with Gasteiger partial charge in [-0.05, 0) is 19.8 Å². The van der Waals surface area contributed by atoms with Crippen LogP contribution in [-0.2, 0) is 9.53 Å². The van der Waals surface area contributed by atoms with Crippen LogP contribution >= 0.6 is 15.9 Å². The van der Waals surface area contributed by atoms with Crippen LogP contribution in [0.15, 0.2) is 0 Å². The third-order valence-electron chi connectivity index (χ3n) is 2.29. The van der Waals surface area contributed by atoms with Crippen molar-refractivity contribution in [3.63, 3.8) is 0 Å². The van der Waals surface area contributed by atoms with Crippen LogP contribution in [0.25, 0.3) is 0 Å². The van der Waals surface area contributed by atoms with Gasteiger partial charge in [-0.15, -0.1) is 0 Å². The number of hydrogen-bond donors (Lipinski definition) is 0. The third-order valence-corrected chi connectivity index (χ3v) is 3.40. The topological polar surface area (TPSA) is 26.3 Å². The first-order valence-electron chi connectivity index (χ1n) is 4.55. The Balaban J connectivity index is 2.50. The molecule has 0 aliphatic heterocycles. The minimum Gasteiger partial charge on any atom is -0.465 e. The molecule has 0 heterocycles. The molecule has 1 aliphatic carbocycles. The molecule has 0 bridgehead atoms. The SMILES string of the molecule is CCOC(=O)C1(Br)CCCCC1. The van der Waals surface area contributed by atoms with Crippen molar-refractivity contribution in [2.45, 2.75) is 43.4 Å². The summed E-state index contributed by atoms with van der Waals surface area (Å²) in [5.41, 5.74) is 0. The van der Waals surface area contributed by atoms with Crippen LogP contribution in [0.4, 0.5) is 0 Å². The first-order chi connectivity index (χ1) is 5.69. The fraction of sp³-hybridized carbons (Fsp3) is 0.889. The monoisotopic (exact) mass is 234 g/mol. The van der Waals surface area contributed by atoms with Crippen LogP contribution in [0, 0.1) is 0 Å². The highest BCUT2D eigenvalue weighted by molar-refractivity contribution is 9.10. The summed E-state index contributed by atoms with van der Waals surface area (Å²) in [5.74, 6) is -0.0790. The van der Waals surface area contributed by atoms with E-state index in [2.05, 4.69) is 15.9 Å². The van der Waals surface area contributed by atoms with Gasteiger partial charge in [0.25, 0.3) is 0 Å². The van der Waals surface area contributed by atoms with Gasteiger partial charge in [-0.3, -0.25) is 4.79 Å². The fourth-order valence-corrected chi connectivity index (χ4v) is 2.25. The molecule has 1 saturated carbocycles. The highest BCUT2D eigenvalue weighted by Gasteiger charge is 2.37. The number of esters is 1. The fourth-order valence-electron chi connectivity index (χ4n) is 1.58. The molecule has 1 rings (SSSR count). The molecule has 0 aromatic rings. The molecule has 0 aromatic heterocycles. The maximum Gasteiger partial charge on any atom is 0.322 e. The van der Waals surface area contributed by atoms with E-state index in [-0.39, 0.29) is 10.3 Å². The Morgan fingerprint density at radius 3 is 2.50 bits per heavy atom. The van der Waals surface area contributed by atoms with Crippen molar-refractivity contribution in [3.05, 3.63) is 0 Å². The molecule has 0 aromatic carbocycles. The second-order valence-electron chi connectivity index (χ2n) is 3.25. The van der Waals surface area contributed by atoms with Crippen molar-refractivity contribution in [1.82, 2.24) is 0 Å². The number of hydrogen-bond acceptors (Lipinski definition) is 2. The Kier molecular flexibility index (Phi) is 3.56. The average molecular weight is 235 g/mol. The average Bonchev–Trinajstić information content (AvgIpc) is 2.06. The van der Waals surface area contributed by atoms with Crippen molar-refractivity contribution >= 4 is 21.9 Å². The smallest absolute Gasteiger partial charge is 0.322 e. The third kappa shape index (κ3) is 2.22. The molecule has 0 N–H and O–H groups in total. The first kappa shape index (κ1) is 10.0. The van der Waals surface area contributed by atoms with Crippen LogP contribution in [0.2, 0.25) is 0 Å². The van der Waals surface area contributed by atoms with E-state index < -0.39 is 0 Å². The Morgan fingerprint density at radius 2 is 2.00 bits per heavy atom. The van der Waals surface area contributed by atoms with E-state index in [0.29, 0.717) is 6.61 Å². The van der Waals surface area contributed by atoms with Gasteiger partial charge in [0.1, 0.15) is 4.32 Å². The van der Waals surface area contributed by atoms with E-state index in [4.69, 9.17) is 4.74 Å². The predicted octanol–water partition coefficient (Wildman–Crippen LogP) is 2.65. The summed E-state index contributed by atoms with van der Waals surface area (Å²) in [5, 5.41) is 0. The lowest BCUT2D eigenvalue weighted by Crippen LogP contribution is -2.35. The molecule has 2 nitrogen and oxygen atoms in total. The molecular formula is C9H15BrO2. The second kappa shape index (κ2) is 4.26. The van der Waals surface area contributed by atoms with E-state index in [0.717, 1.165) is 25.7 Å². The first-order valence-corrected chi connectivity index (χ1v) is 5.34. The molecule has 12 heavy (non-hydrogen) atoms. The van der Waals surface area contributed by atoms with Crippen molar-refractivity contribution in [3.8, 4) is 0 Å². The Morgan fingerprint density at radius 1 is 1.42 bits per heavy atom. The van der Waals surface area contributed by atoms with Gasteiger partial charge in [0.05, 0.1) is 6.61 Å². The molecule has 1 fully saturated rings. The van der Waals surface area contributed by atoms with Crippen molar-refractivity contribution < 1.29 is 9.53 Å². The molecule has 0 amide bonds. The highest BCUT2D eigenvalue weighted by Crippen LogP contribution is 2.36. The number of carbonyl (C=O) groups is 1. The summed E-state index contributed by atoms with van der Waals surface area (Å²) < 4.78 is 4.64. The van der Waals surface area contributed by atoms with E-state index in [1.807, 2.05) is 6.92 Å². The van der Waals surface area contributed by atoms with E-state index in [9.17, 15) is 4.79 Å². The maximum atomic E-state index is 11.5. The normalized spacial score (nSPS) is 21.8. The zero-order valence-corrected chi connectivity index (χ0v) is 9.02. The molecule has 0 spiro atoms. The van der Waals surface area contributed by atoms with E-state index >= 15 is 0 Å². The standard InChI is InChI=1S/C9H15BrO2/c1-2-12-8(11)9(10)6-4-3-5-7-9/h2-7H2,1H3. The lowest BCUT2D eigenvalue weighted by atomic mass is 9.89. The van der Waals surface area contributed by atoms with Gasteiger partial charge in [-0.1, -0.05) is 35.2 Å². The van der Waals surface area contributed by atoms with Crippen LogP contribution < -0.4 is 0 Å². The molecular weight excluding hydrogens is 220 g/mol. The summed E-state index contributed by atoms with van der Waals surface area (Å²) >= 11 is 3.49. The van der Waals surface area contributed by atoms with Crippen molar-refractivity contribution in [2.75, 3.05) is 6.61 Å². The number of rotatable bonds is 2. The Bertz CT molecular complexity index is 162. The quantitative estimate of drug-likeness (QED) is 0.543. The van der Waals surface area contributed by atoms with E-state index in [1.165, 1.54) is 6.42 Å². The van der Waals surface area contributed by atoms with Crippen LogP contribution in [0.1, 0.15) is 39.0 Å². The molecule has 0 radical (unpaired) electrons. The summed E-state index contributed by atoms with van der Waals surface area (Å²) in [6.07, 6.45) is 5.35.